The maximum absolute atomic E-state index is 12.0. The Morgan fingerprint density at radius 2 is 2.33 bits per heavy atom. The monoisotopic (exact) mass is 249 g/mol. The molecule has 0 saturated carbocycles. The van der Waals surface area contributed by atoms with E-state index in [0.717, 1.165) is 19.5 Å². The normalized spacial score (nSPS) is 19.8. The van der Waals surface area contributed by atoms with Crippen molar-refractivity contribution < 1.29 is 9.53 Å². The molecule has 1 fully saturated rings. The van der Waals surface area contributed by atoms with E-state index < -0.39 is 0 Å². The van der Waals surface area contributed by atoms with Gasteiger partial charge in [0.1, 0.15) is 5.75 Å². The van der Waals surface area contributed by atoms with Crippen molar-refractivity contribution in [2.75, 3.05) is 38.3 Å². The Labute approximate surface area is 107 Å². The van der Waals surface area contributed by atoms with Gasteiger partial charge in [0, 0.05) is 12.2 Å². The fourth-order valence-corrected chi connectivity index (χ4v) is 2.21. The number of rotatable bonds is 3. The average molecular weight is 249 g/mol. The van der Waals surface area contributed by atoms with E-state index in [1.807, 2.05) is 7.05 Å². The number of carbonyl (C=O) groups is 1. The lowest BCUT2D eigenvalue weighted by molar-refractivity contribution is -0.119. The first-order valence-corrected chi connectivity index (χ1v) is 6.03. The standard InChI is InChI=1S/C13H19N3O2/c1-16-6-5-9(8-16)13(17)15-10-3-4-12(18-2)11(14)7-10/h3-4,7,9H,5-6,8,14H2,1-2H3,(H,15,17). The lowest BCUT2D eigenvalue weighted by Crippen LogP contribution is -2.25. The Morgan fingerprint density at radius 3 is 2.89 bits per heavy atom. The highest BCUT2D eigenvalue weighted by molar-refractivity contribution is 5.93. The zero-order valence-electron chi connectivity index (χ0n) is 10.8. The maximum Gasteiger partial charge on any atom is 0.228 e. The third-order valence-electron chi connectivity index (χ3n) is 3.26. The van der Waals surface area contributed by atoms with Crippen LogP contribution in [0.4, 0.5) is 11.4 Å². The largest absolute Gasteiger partial charge is 0.495 e. The topological polar surface area (TPSA) is 67.6 Å². The number of nitrogens with zero attached hydrogens (tertiary/aromatic N) is 1. The molecule has 5 heteroatoms. The minimum atomic E-state index is 0.0592. The molecule has 0 aromatic heterocycles. The molecule has 0 bridgehead atoms. The van der Waals surface area contributed by atoms with E-state index in [0.29, 0.717) is 17.1 Å². The zero-order chi connectivity index (χ0) is 13.1. The molecular weight excluding hydrogens is 230 g/mol. The highest BCUT2D eigenvalue weighted by Gasteiger charge is 2.26. The second kappa shape index (κ2) is 5.27. The number of benzene rings is 1. The van der Waals surface area contributed by atoms with Gasteiger partial charge in [0.25, 0.3) is 0 Å². The van der Waals surface area contributed by atoms with Crippen molar-refractivity contribution >= 4 is 17.3 Å². The third-order valence-corrected chi connectivity index (χ3v) is 3.26. The van der Waals surface area contributed by atoms with Crippen LogP contribution in [0.25, 0.3) is 0 Å². The number of hydrogen-bond acceptors (Lipinski definition) is 4. The van der Waals surface area contributed by atoms with Crippen molar-refractivity contribution in [1.29, 1.82) is 0 Å². The Balaban J connectivity index is 2.01. The van der Waals surface area contributed by atoms with Crippen molar-refractivity contribution in [1.82, 2.24) is 4.90 Å². The van der Waals surface area contributed by atoms with Gasteiger partial charge in [-0.05, 0) is 38.2 Å². The number of ether oxygens (including phenoxy) is 1. The van der Waals surface area contributed by atoms with E-state index in [9.17, 15) is 4.79 Å². The minimum absolute atomic E-state index is 0.0592. The number of nitrogen functional groups attached to an aromatic ring is 1. The predicted octanol–water partition coefficient (Wildman–Crippen LogP) is 1.17. The van der Waals surface area contributed by atoms with Crippen LogP contribution < -0.4 is 15.8 Å². The van der Waals surface area contributed by atoms with Gasteiger partial charge in [-0.25, -0.2) is 0 Å². The van der Waals surface area contributed by atoms with E-state index in [-0.39, 0.29) is 11.8 Å². The van der Waals surface area contributed by atoms with Crippen LogP contribution in [0, 0.1) is 5.92 Å². The predicted molar refractivity (Wildman–Crippen MR) is 71.6 cm³/mol. The molecular formula is C13H19N3O2. The molecule has 1 aliphatic heterocycles. The minimum Gasteiger partial charge on any atom is -0.495 e. The van der Waals surface area contributed by atoms with Gasteiger partial charge in [-0.1, -0.05) is 0 Å². The Bertz CT molecular complexity index is 448. The number of nitrogens with two attached hydrogens (primary N) is 1. The molecule has 2 rings (SSSR count). The molecule has 0 aliphatic carbocycles. The number of amides is 1. The van der Waals surface area contributed by atoms with Crippen LogP contribution in [-0.4, -0.2) is 38.1 Å². The molecule has 98 valence electrons. The number of likely N-dealkylation sites (tertiary alicyclic amines) is 1. The molecule has 1 atom stereocenters. The summed E-state index contributed by atoms with van der Waals surface area (Å²) >= 11 is 0. The first-order chi connectivity index (χ1) is 8.60. The summed E-state index contributed by atoms with van der Waals surface area (Å²) in [6.07, 6.45) is 0.911. The summed E-state index contributed by atoms with van der Waals surface area (Å²) in [5, 5.41) is 2.90. The molecule has 0 spiro atoms. The Kier molecular flexibility index (Phi) is 3.72. The van der Waals surface area contributed by atoms with Gasteiger partial charge in [-0.2, -0.15) is 0 Å². The second-order valence-electron chi connectivity index (χ2n) is 4.69. The van der Waals surface area contributed by atoms with Crippen molar-refractivity contribution in [2.24, 2.45) is 5.92 Å². The van der Waals surface area contributed by atoms with Crippen LogP contribution in [0.3, 0.4) is 0 Å². The smallest absolute Gasteiger partial charge is 0.228 e. The lowest BCUT2D eigenvalue weighted by Gasteiger charge is -2.12. The molecule has 1 amide bonds. The zero-order valence-corrected chi connectivity index (χ0v) is 10.8. The third kappa shape index (κ3) is 2.73. The molecule has 5 nitrogen and oxygen atoms in total. The number of methoxy groups -OCH3 is 1. The van der Waals surface area contributed by atoms with Crippen LogP contribution in [0.5, 0.6) is 5.75 Å². The summed E-state index contributed by atoms with van der Waals surface area (Å²) < 4.78 is 5.07. The highest BCUT2D eigenvalue weighted by atomic mass is 16.5. The van der Waals surface area contributed by atoms with Gasteiger partial charge in [0.2, 0.25) is 5.91 Å². The van der Waals surface area contributed by atoms with Crippen LogP contribution in [0.2, 0.25) is 0 Å². The van der Waals surface area contributed by atoms with Crippen molar-refractivity contribution in [2.45, 2.75) is 6.42 Å². The van der Waals surface area contributed by atoms with E-state index in [1.165, 1.54) is 0 Å². The van der Waals surface area contributed by atoms with E-state index in [1.54, 1.807) is 25.3 Å². The van der Waals surface area contributed by atoms with Crippen LogP contribution >= 0.6 is 0 Å². The maximum atomic E-state index is 12.0. The number of hydrogen-bond donors (Lipinski definition) is 2. The van der Waals surface area contributed by atoms with E-state index >= 15 is 0 Å². The average Bonchev–Trinajstić information content (AvgIpc) is 2.76. The molecule has 1 saturated heterocycles. The summed E-state index contributed by atoms with van der Waals surface area (Å²) in [7, 11) is 3.59. The molecule has 3 N–H and O–H groups in total. The number of nitrogens with one attached hydrogen (secondary N) is 1. The summed E-state index contributed by atoms with van der Waals surface area (Å²) in [5.41, 5.74) is 7.04. The van der Waals surface area contributed by atoms with E-state index in [4.69, 9.17) is 10.5 Å². The highest BCUT2D eigenvalue weighted by Crippen LogP contribution is 2.25. The fourth-order valence-electron chi connectivity index (χ4n) is 2.21. The summed E-state index contributed by atoms with van der Waals surface area (Å²) in [4.78, 5) is 14.2. The van der Waals surface area contributed by atoms with Crippen LogP contribution in [0.15, 0.2) is 18.2 Å². The summed E-state index contributed by atoms with van der Waals surface area (Å²) in [6, 6.07) is 5.27. The Morgan fingerprint density at radius 1 is 1.56 bits per heavy atom. The van der Waals surface area contributed by atoms with Gasteiger partial charge in [-0.15, -0.1) is 0 Å². The molecule has 1 aliphatic rings. The van der Waals surface area contributed by atoms with Crippen molar-refractivity contribution in [3.63, 3.8) is 0 Å². The first-order valence-electron chi connectivity index (χ1n) is 6.03. The van der Waals surface area contributed by atoms with Gasteiger partial charge in [0.05, 0.1) is 18.7 Å². The quantitative estimate of drug-likeness (QED) is 0.789. The van der Waals surface area contributed by atoms with E-state index in [2.05, 4.69) is 10.2 Å². The van der Waals surface area contributed by atoms with Gasteiger partial charge >= 0.3 is 0 Å². The molecule has 18 heavy (non-hydrogen) atoms. The SMILES string of the molecule is COc1ccc(NC(=O)C2CCN(C)C2)cc1N. The van der Waals surface area contributed by atoms with Crippen LogP contribution in [-0.2, 0) is 4.79 Å². The van der Waals surface area contributed by atoms with Crippen LogP contribution in [0.1, 0.15) is 6.42 Å². The summed E-state index contributed by atoms with van der Waals surface area (Å²) in [5.74, 6) is 0.746. The van der Waals surface area contributed by atoms with Gasteiger partial charge in [0.15, 0.2) is 0 Å². The number of carbonyl (C=O) groups excluding carboxylic acids is 1. The number of anilines is 2. The fraction of sp³-hybridized carbons (Fsp3) is 0.462. The molecule has 1 aromatic carbocycles. The molecule has 0 radical (unpaired) electrons. The van der Waals surface area contributed by atoms with Crippen molar-refractivity contribution in [3.8, 4) is 5.75 Å². The van der Waals surface area contributed by atoms with Gasteiger partial charge in [-0.3, -0.25) is 4.79 Å². The van der Waals surface area contributed by atoms with Gasteiger partial charge < -0.3 is 20.7 Å². The first kappa shape index (κ1) is 12.7. The second-order valence-corrected chi connectivity index (χ2v) is 4.69. The Hall–Kier alpha value is -1.75. The summed E-state index contributed by atoms with van der Waals surface area (Å²) in [6.45, 7) is 1.79. The lowest BCUT2D eigenvalue weighted by atomic mass is 10.1. The molecule has 1 heterocycles. The molecule has 1 unspecified atom stereocenters. The molecule has 1 aromatic rings. The van der Waals surface area contributed by atoms with Crippen molar-refractivity contribution in [3.05, 3.63) is 18.2 Å².